The molecule has 4 heteroatoms. The summed E-state index contributed by atoms with van der Waals surface area (Å²) in [5.74, 6) is 0.968. The van der Waals surface area contributed by atoms with Gasteiger partial charge in [0.1, 0.15) is 5.82 Å². The Balaban J connectivity index is 2.47. The van der Waals surface area contributed by atoms with Gasteiger partial charge in [-0.2, -0.15) is 0 Å². The molecule has 3 N–H and O–H groups in total. The Morgan fingerprint density at radius 1 is 1.35 bits per heavy atom. The maximum absolute atomic E-state index is 5.56. The number of aromatic nitrogens is 2. The van der Waals surface area contributed by atoms with Crippen LogP contribution in [0.5, 0.6) is 0 Å². The Labute approximate surface area is 110 Å². The molecule has 0 aliphatic rings. The molecule has 0 aliphatic carbocycles. The Morgan fingerprint density at radius 3 is 2.76 bits per heavy atom. The van der Waals surface area contributed by atoms with Crippen LogP contribution in [0.1, 0.15) is 18.4 Å². The molecule has 0 fully saturated rings. The third kappa shape index (κ3) is 2.58. The third-order valence-corrected chi connectivity index (χ3v) is 3.38. The quantitative estimate of drug-likeness (QED) is 0.911. The van der Waals surface area contributed by atoms with Gasteiger partial charge in [0.25, 0.3) is 0 Å². The highest BCUT2D eigenvalue weighted by atomic mass is 79.9. The van der Waals surface area contributed by atoms with Gasteiger partial charge in [-0.15, -0.1) is 0 Å². The van der Waals surface area contributed by atoms with Gasteiger partial charge in [0.15, 0.2) is 0 Å². The normalized spacial score (nSPS) is 10.8. The average molecular weight is 294 g/mol. The second-order valence-corrected chi connectivity index (χ2v) is 4.74. The molecule has 0 bridgehead atoms. The number of halogens is 1. The molecule has 0 spiro atoms. The maximum atomic E-state index is 5.56. The highest BCUT2D eigenvalue weighted by Crippen LogP contribution is 2.29. The molecule has 0 saturated carbocycles. The van der Waals surface area contributed by atoms with E-state index in [1.54, 1.807) is 0 Å². The van der Waals surface area contributed by atoms with E-state index < -0.39 is 0 Å². The van der Waals surface area contributed by atoms with Crippen LogP contribution in [-0.2, 0) is 12.8 Å². The van der Waals surface area contributed by atoms with Crippen LogP contribution in [0.25, 0.3) is 11.3 Å². The van der Waals surface area contributed by atoms with Crippen molar-refractivity contribution in [1.82, 2.24) is 9.97 Å². The van der Waals surface area contributed by atoms with E-state index in [-0.39, 0.29) is 0 Å². The van der Waals surface area contributed by atoms with Gasteiger partial charge >= 0.3 is 0 Å². The fraction of sp³-hybridized carbons (Fsp3) is 0.308. The van der Waals surface area contributed by atoms with Crippen LogP contribution < -0.4 is 5.73 Å². The highest BCUT2D eigenvalue weighted by Gasteiger charge is 2.12. The molecule has 90 valence electrons. The zero-order valence-corrected chi connectivity index (χ0v) is 11.4. The molecule has 0 radical (unpaired) electrons. The van der Waals surface area contributed by atoms with Gasteiger partial charge in [-0.3, -0.25) is 0 Å². The number of nitrogens with two attached hydrogens (primary N) is 1. The van der Waals surface area contributed by atoms with Crippen LogP contribution in [0.3, 0.4) is 0 Å². The zero-order chi connectivity index (χ0) is 12.3. The molecule has 0 aliphatic heterocycles. The van der Waals surface area contributed by atoms with Crippen molar-refractivity contribution < 1.29 is 0 Å². The van der Waals surface area contributed by atoms with E-state index >= 15 is 0 Å². The number of rotatable bonds is 4. The minimum atomic E-state index is 0.617. The van der Waals surface area contributed by atoms with Gasteiger partial charge in [0.2, 0.25) is 0 Å². The zero-order valence-electron chi connectivity index (χ0n) is 9.83. The molecule has 2 rings (SSSR count). The second kappa shape index (κ2) is 5.47. The van der Waals surface area contributed by atoms with Crippen molar-refractivity contribution in [2.75, 3.05) is 6.54 Å². The molecule has 2 aromatic rings. The van der Waals surface area contributed by atoms with Crippen LogP contribution >= 0.6 is 15.9 Å². The topological polar surface area (TPSA) is 54.7 Å². The van der Waals surface area contributed by atoms with Crippen molar-refractivity contribution in [3.05, 3.63) is 40.3 Å². The molecular weight excluding hydrogens is 278 g/mol. The van der Waals surface area contributed by atoms with E-state index in [0.717, 1.165) is 34.4 Å². The number of hydrogen-bond acceptors (Lipinski definition) is 2. The lowest BCUT2D eigenvalue weighted by atomic mass is 10.1. The number of aryl methyl sites for hydroxylation is 1. The summed E-state index contributed by atoms with van der Waals surface area (Å²) < 4.78 is 1.07. The summed E-state index contributed by atoms with van der Waals surface area (Å²) in [6.45, 7) is 2.74. The third-order valence-electron chi connectivity index (χ3n) is 2.69. The van der Waals surface area contributed by atoms with Gasteiger partial charge < -0.3 is 10.7 Å². The molecule has 0 saturated heterocycles. The first-order valence-corrected chi connectivity index (χ1v) is 6.58. The van der Waals surface area contributed by atoms with Crippen LogP contribution in [0, 0.1) is 0 Å². The second-order valence-electron chi connectivity index (χ2n) is 3.88. The van der Waals surface area contributed by atoms with Gasteiger partial charge in [0.05, 0.1) is 5.69 Å². The van der Waals surface area contributed by atoms with Gasteiger partial charge in [0, 0.05) is 22.2 Å². The monoisotopic (exact) mass is 293 g/mol. The summed E-state index contributed by atoms with van der Waals surface area (Å²) in [7, 11) is 0. The summed E-state index contributed by atoms with van der Waals surface area (Å²) in [5.41, 5.74) is 8.89. The molecule has 17 heavy (non-hydrogen) atoms. The first kappa shape index (κ1) is 12.3. The van der Waals surface area contributed by atoms with Crippen molar-refractivity contribution in [2.24, 2.45) is 5.73 Å². The number of benzene rings is 1. The lowest BCUT2D eigenvalue weighted by molar-refractivity contribution is 0.885. The smallest absolute Gasteiger partial charge is 0.108 e. The molecule has 0 atom stereocenters. The predicted octanol–water partition coefficient (Wildman–Crippen LogP) is 2.90. The SMILES string of the molecule is CCc1[nH]c(CCN)nc1-c1ccccc1Br. The Hall–Kier alpha value is -1.13. The standard InChI is InChI=1S/C13H16BrN3/c1-2-11-13(17-12(16-11)7-8-15)9-5-3-4-6-10(9)14/h3-6H,2,7-8,15H2,1H3,(H,16,17). The van der Waals surface area contributed by atoms with E-state index in [1.165, 1.54) is 5.69 Å². The van der Waals surface area contributed by atoms with Crippen LogP contribution in [0.4, 0.5) is 0 Å². The lowest BCUT2D eigenvalue weighted by Crippen LogP contribution is -2.03. The number of aromatic amines is 1. The first-order chi connectivity index (χ1) is 8.26. The number of nitrogens with zero attached hydrogens (tertiary/aromatic N) is 1. The summed E-state index contributed by atoms with van der Waals surface area (Å²) in [4.78, 5) is 7.98. The summed E-state index contributed by atoms with van der Waals surface area (Å²) in [6, 6.07) is 8.14. The van der Waals surface area contributed by atoms with E-state index in [9.17, 15) is 0 Å². The van der Waals surface area contributed by atoms with Crippen molar-refractivity contribution in [1.29, 1.82) is 0 Å². The van der Waals surface area contributed by atoms with Crippen LogP contribution in [-0.4, -0.2) is 16.5 Å². The molecule has 3 nitrogen and oxygen atoms in total. The van der Waals surface area contributed by atoms with Crippen molar-refractivity contribution in [2.45, 2.75) is 19.8 Å². The van der Waals surface area contributed by atoms with Crippen molar-refractivity contribution >= 4 is 15.9 Å². The number of imidazole rings is 1. The molecule has 0 amide bonds. The fourth-order valence-electron chi connectivity index (χ4n) is 1.85. The summed E-state index contributed by atoms with van der Waals surface area (Å²) in [6.07, 6.45) is 1.73. The Kier molecular flexibility index (Phi) is 3.97. The van der Waals surface area contributed by atoms with E-state index in [4.69, 9.17) is 5.73 Å². The lowest BCUT2D eigenvalue weighted by Gasteiger charge is -2.02. The minimum absolute atomic E-state index is 0.617. The Morgan fingerprint density at radius 2 is 2.12 bits per heavy atom. The largest absolute Gasteiger partial charge is 0.345 e. The van der Waals surface area contributed by atoms with Gasteiger partial charge in [-0.1, -0.05) is 41.1 Å². The van der Waals surface area contributed by atoms with E-state index in [1.807, 2.05) is 18.2 Å². The molecule has 1 aromatic carbocycles. The maximum Gasteiger partial charge on any atom is 0.108 e. The number of H-pyrrole nitrogens is 1. The number of hydrogen-bond donors (Lipinski definition) is 2. The fourth-order valence-corrected chi connectivity index (χ4v) is 2.32. The molecule has 0 unspecified atom stereocenters. The van der Waals surface area contributed by atoms with Crippen molar-refractivity contribution in [3.63, 3.8) is 0 Å². The van der Waals surface area contributed by atoms with Crippen LogP contribution in [0.2, 0.25) is 0 Å². The highest BCUT2D eigenvalue weighted by molar-refractivity contribution is 9.10. The van der Waals surface area contributed by atoms with Gasteiger partial charge in [-0.25, -0.2) is 4.98 Å². The molecule has 1 aromatic heterocycles. The number of nitrogens with one attached hydrogen (secondary N) is 1. The predicted molar refractivity (Wildman–Crippen MR) is 73.9 cm³/mol. The van der Waals surface area contributed by atoms with Gasteiger partial charge in [-0.05, 0) is 19.0 Å². The summed E-state index contributed by atoms with van der Waals surface area (Å²) in [5, 5.41) is 0. The van der Waals surface area contributed by atoms with Crippen LogP contribution in [0.15, 0.2) is 28.7 Å². The minimum Gasteiger partial charge on any atom is -0.345 e. The van der Waals surface area contributed by atoms with Crippen molar-refractivity contribution in [3.8, 4) is 11.3 Å². The molecule has 1 heterocycles. The van der Waals surface area contributed by atoms with E-state index in [2.05, 4.69) is 38.9 Å². The summed E-state index contributed by atoms with van der Waals surface area (Å²) >= 11 is 3.57. The van der Waals surface area contributed by atoms with E-state index in [0.29, 0.717) is 6.54 Å². The average Bonchev–Trinajstić information content (AvgIpc) is 2.73. The molecular formula is C13H16BrN3. The Bertz CT molecular complexity index is 505. The first-order valence-electron chi connectivity index (χ1n) is 5.79.